The fraction of sp³-hybridized carbons (Fsp3) is 0.318. The van der Waals surface area contributed by atoms with Crippen LogP contribution in [0.3, 0.4) is 0 Å². The lowest BCUT2D eigenvalue weighted by molar-refractivity contribution is 0.343. The second kappa shape index (κ2) is 8.19. The molecule has 0 saturated carbocycles. The number of hydrogen-bond donors (Lipinski definition) is 2. The number of hydrogen-bond acceptors (Lipinski definition) is 2. The summed E-state index contributed by atoms with van der Waals surface area (Å²) in [5.41, 5.74) is 4.87. The fourth-order valence-electron chi connectivity index (χ4n) is 3.84. The van der Waals surface area contributed by atoms with Gasteiger partial charge in [0.2, 0.25) is 0 Å². The molecule has 0 aliphatic carbocycles. The number of nitrogens with zero attached hydrogens (tertiary/aromatic N) is 1. The minimum Gasteiger partial charge on any atom is -0.314 e. The molecule has 2 unspecified atom stereocenters. The van der Waals surface area contributed by atoms with Crippen LogP contribution in [0.25, 0.3) is 11.3 Å². The maximum absolute atomic E-state index is 4.56. The van der Waals surface area contributed by atoms with Gasteiger partial charge in [-0.2, -0.15) is 5.10 Å². The van der Waals surface area contributed by atoms with Crippen LogP contribution in [0.5, 0.6) is 0 Å². The van der Waals surface area contributed by atoms with E-state index in [0.717, 1.165) is 28.7 Å². The van der Waals surface area contributed by atoms with E-state index in [2.05, 4.69) is 86.0 Å². The zero-order valence-electron chi connectivity index (χ0n) is 14.8. The number of H-pyrrole nitrogens is 1. The highest BCUT2D eigenvalue weighted by Gasteiger charge is 2.24. The number of nitrogens with one attached hydrogen (secondary N) is 2. The van der Waals surface area contributed by atoms with Gasteiger partial charge in [0.05, 0.1) is 5.69 Å². The average molecular weight is 410 g/mol. The standard InChI is InChI=1S/C22H24BrN3/c23-19-8-4-7-17(13-19)21-15-22(26-25-21)18-11-12-24-20(14-18)10-9-16-5-2-1-3-6-16/h1-8,13,15,18,20,24H,9-12,14H2,(H,25,26). The van der Waals surface area contributed by atoms with E-state index in [0.29, 0.717) is 12.0 Å². The topological polar surface area (TPSA) is 40.7 Å². The maximum Gasteiger partial charge on any atom is 0.0924 e. The highest BCUT2D eigenvalue weighted by molar-refractivity contribution is 9.10. The summed E-state index contributed by atoms with van der Waals surface area (Å²) < 4.78 is 1.09. The molecule has 2 atom stereocenters. The first kappa shape index (κ1) is 17.5. The predicted molar refractivity (Wildman–Crippen MR) is 110 cm³/mol. The fourth-order valence-corrected chi connectivity index (χ4v) is 4.23. The zero-order chi connectivity index (χ0) is 17.8. The molecule has 0 bridgehead atoms. The summed E-state index contributed by atoms with van der Waals surface area (Å²) in [7, 11) is 0. The van der Waals surface area contributed by atoms with E-state index in [9.17, 15) is 0 Å². The highest BCUT2D eigenvalue weighted by Crippen LogP contribution is 2.31. The molecule has 0 radical (unpaired) electrons. The van der Waals surface area contributed by atoms with Gasteiger partial charge < -0.3 is 5.32 Å². The van der Waals surface area contributed by atoms with Crippen molar-refractivity contribution in [3.8, 4) is 11.3 Å². The van der Waals surface area contributed by atoms with E-state index < -0.39 is 0 Å². The van der Waals surface area contributed by atoms with Crippen LogP contribution in [0, 0.1) is 0 Å². The Morgan fingerprint density at radius 3 is 2.77 bits per heavy atom. The Kier molecular flexibility index (Phi) is 5.51. The van der Waals surface area contributed by atoms with Crippen molar-refractivity contribution in [1.82, 2.24) is 15.5 Å². The van der Waals surface area contributed by atoms with Crippen molar-refractivity contribution >= 4 is 15.9 Å². The van der Waals surface area contributed by atoms with Gasteiger partial charge in [-0.1, -0.05) is 58.4 Å². The second-order valence-corrected chi connectivity index (χ2v) is 8.03. The van der Waals surface area contributed by atoms with E-state index in [-0.39, 0.29) is 0 Å². The van der Waals surface area contributed by atoms with E-state index in [1.807, 2.05) is 6.07 Å². The van der Waals surface area contributed by atoms with Gasteiger partial charge in [0.1, 0.15) is 0 Å². The molecule has 0 amide bonds. The highest BCUT2D eigenvalue weighted by atomic mass is 79.9. The third kappa shape index (κ3) is 4.25. The van der Waals surface area contributed by atoms with Gasteiger partial charge in [-0.3, -0.25) is 5.10 Å². The summed E-state index contributed by atoms with van der Waals surface area (Å²) in [5, 5.41) is 11.5. The lowest BCUT2D eigenvalue weighted by Gasteiger charge is -2.29. The molecule has 134 valence electrons. The number of benzene rings is 2. The third-order valence-electron chi connectivity index (χ3n) is 5.28. The van der Waals surface area contributed by atoms with Gasteiger partial charge in [-0.15, -0.1) is 0 Å². The van der Waals surface area contributed by atoms with Gasteiger partial charge >= 0.3 is 0 Å². The zero-order valence-corrected chi connectivity index (χ0v) is 16.4. The first-order valence-corrected chi connectivity index (χ1v) is 10.2. The summed E-state index contributed by atoms with van der Waals surface area (Å²) in [6.45, 7) is 1.08. The van der Waals surface area contributed by atoms with E-state index in [4.69, 9.17) is 0 Å². The first-order chi connectivity index (χ1) is 12.8. The molecule has 2 N–H and O–H groups in total. The van der Waals surface area contributed by atoms with Gasteiger partial charge in [-0.05, 0) is 56.0 Å². The molecule has 0 spiro atoms. The minimum absolute atomic E-state index is 0.561. The van der Waals surface area contributed by atoms with E-state index >= 15 is 0 Å². The number of aromatic amines is 1. The van der Waals surface area contributed by atoms with Crippen molar-refractivity contribution in [1.29, 1.82) is 0 Å². The molecule has 4 rings (SSSR count). The monoisotopic (exact) mass is 409 g/mol. The average Bonchev–Trinajstić information content (AvgIpc) is 3.18. The van der Waals surface area contributed by atoms with Crippen LogP contribution in [0.4, 0.5) is 0 Å². The van der Waals surface area contributed by atoms with Gasteiger partial charge in [0.15, 0.2) is 0 Å². The molecular weight excluding hydrogens is 386 g/mol. The van der Waals surface area contributed by atoms with Crippen molar-refractivity contribution in [2.75, 3.05) is 6.54 Å². The van der Waals surface area contributed by atoms with Gasteiger partial charge in [0, 0.05) is 27.7 Å². The Labute approximate surface area is 163 Å². The van der Waals surface area contributed by atoms with E-state index in [1.54, 1.807) is 0 Å². The smallest absolute Gasteiger partial charge is 0.0924 e. The molecule has 1 aromatic heterocycles. The lowest BCUT2D eigenvalue weighted by Crippen LogP contribution is -2.37. The van der Waals surface area contributed by atoms with Crippen molar-refractivity contribution in [3.63, 3.8) is 0 Å². The first-order valence-electron chi connectivity index (χ1n) is 9.36. The largest absolute Gasteiger partial charge is 0.314 e. The molecular formula is C22H24BrN3. The molecule has 4 heteroatoms. The Morgan fingerprint density at radius 2 is 1.92 bits per heavy atom. The van der Waals surface area contributed by atoms with Crippen LogP contribution >= 0.6 is 15.9 Å². The maximum atomic E-state index is 4.56. The lowest BCUT2D eigenvalue weighted by atomic mass is 9.87. The van der Waals surface area contributed by atoms with Crippen molar-refractivity contribution in [3.05, 3.63) is 76.4 Å². The molecule has 1 fully saturated rings. The molecule has 3 nitrogen and oxygen atoms in total. The van der Waals surface area contributed by atoms with Gasteiger partial charge in [0.25, 0.3) is 0 Å². The minimum atomic E-state index is 0.561. The number of halogens is 1. The Balaban J connectivity index is 1.40. The normalized spacial score (nSPS) is 20.2. The summed E-state index contributed by atoms with van der Waals surface area (Å²) in [6.07, 6.45) is 4.67. The molecule has 2 heterocycles. The Bertz CT molecular complexity index is 843. The van der Waals surface area contributed by atoms with Crippen LogP contribution in [0.2, 0.25) is 0 Å². The number of aryl methyl sites for hydroxylation is 1. The molecule has 1 aliphatic heterocycles. The Hall–Kier alpha value is -1.91. The second-order valence-electron chi connectivity index (χ2n) is 7.12. The predicted octanol–water partition coefficient (Wildman–Crippen LogP) is 5.31. The molecule has 2 aromatic carbocycles. The molecule has 26 heavy (non-hydrogen) atoms. The van der Waals surface area contributed by atoms with E-state index in [1.165, 1.54) is 30.5 Å². The molecule has 1 saturated heterocycles. The van der Waals surface area contributed by atoms with Crippen LogP contribution in [0.15, 0.2) is 65.1 Å². The van der Waals surface area contributed by atoms with Crippen molar-refractivity contribution in [2.45, 2.75) is 37.6 Å². The number of piperidine rings is 1. The van der Waals surface area contributed by atoms with Crippen molar-refractivity contribution in [2.24, 2.45) is 0 Å². The van der Waals surface area contributed by atoms with Crippen LogP contribution in [0.1, 0.15) is 36.4 Å². The van der Waals surface area contributed by atoms with Crippen molar-refractivity contribution < 1.29 is 0 Å². The summed E-state index contributed by atoms with van der Waals surface area (Å²) in [4.78, 5) is 0. The summed E-state index contributed by atoms with van der Waals surface area (Å²) >= 11 is 3.54. The third-order valence-corrected chi connectivity index (χ3v) is 5.77. The number of aromatic nitrogens is 2. The van der Waals surface area contributed by atoms with Crippen LogP contribution < -0.4 is 5.32 Å². The molecule has 3 aromatic rings. The Morgan fingerprint density at radius 1 is 1.04 bits per heavy atom. The summed E-state index contributed by atoms with van der Waals surface area (Å²) in [6, 6.07) is 21.9. The SMILES string of the molecule is Brc1cccc(-c2cc(C3CCNC(CCc4ccccc4)C3)[nH]n2)c1. The van der Waals surface area contributed by atoms with Crippen LogP contribution in [-0.2, 0) is 6.42 Å². The van der Waals surface area contributed by atoms with Crippen LogP contribution in [-0.4, -0.2) is 22.8 Å². The van der Waals surface area contributed by atoms with Gasteiger partial charge in [-0.25, -0.2) is 0 Å². The summed E-state index contributed by atoms with van der Waals surface area (Å²) in [5.74, 6) is 0.561. The number of rotatable bonds is 5. The quantitative estimate of drug-likeness (QED) is 0.599. The molecule has 1 aliphatic rings.